The van der Waals surface area contributed by atoms with Crippen LogP contribution >= 0.6 is 27.3 Å². The number of carboxylic acids is 1. The first kappa shape index (κ1) is 13.1. The van der Waals surface area contributed by atoms with Gasteiger partial charge >= 0.3 is 5.97 Å². The van der Waals surface area contributed by atoms with Crippen molar-refractivity contribution >= 4 is 33.2 Å². The van der Waals surface area contributed by atoms with Crippen molar-refractivity contribution in [2.24, 2.45) is 5.41 Å². The van der Waals surface area contributed by atoms with Crippen LogP contribution in [-0.2, 0) is 11.3 Å². The van der Waals surface area contributed by atoms with Crippen LogP contribution < -0.4 is 0 Å². The summed E-state index contributed by atoms with van der Waals surface area (Å²) in [6, 6.07) is 2.13. The second-order valence-electron chi connectivity index (χ2n) is 4.87. The van der Waals surface area contributed by atoms with E-state index in [4.69, 9.17) is 5.11 Å². The molecule has 5 heteroatoms. The summed E-state index contributed by atoms with van der Waals surface area (Å²) < 4.78 is 1.13. The van der Waals surface area contributed by atoms with Gasteiger partial charge in [0.05, 0.1) is 5.41 Å². The molecule has 1 aliphatic rings. The maximum atomic E-state index is 11.1. The molecule has 0 radical (unpaired) electrons. The lowest BCUT2D eigenvalue weighted by molar-refractivity contribution is -0.150. The Morgan fingerprint density at radius 2 is 2.24 bits per heavy atom. The molecular formula is C12H16BrNO2S. The van der Waals surface area contributed by atoms with Crippen molar-refractivity contribution in [1.82, 2.24) is 4.90 Å². The first-order valence-corrected chi connectivity index (χ1v) is 7.35. The van der Waals surface area contributed by atoms with Gasteiger partial charge in [0.1, 0.15) is 0 Å². The molecule has 94 valence electrons. The maximum Gasteiger partial charge on any atom is 0.309 e. The van der Waals surface area contributed by atoms with E-state index in [9.17, 15) is 4.79 Å². The number of hydrogen-bond donors (Lipinski definition) is 1. The highest BCUT2D eigenvalue weighted by Gasteiger charge is 2.36. The van der Waals surface area contributed by atoms with E-state index in [1.54, 1.807) is 11.3 Å². The molecule has 0 atom stereocenters. The van der Waals surface area contributed by atoms with Gasteiger partial charge in [-0.1, -0.05) is 0 Å². The lowest BCUT2D eigenvalue weighted by atomic mass is 9.80. The van der Waals surface area contributed by atoms with Crippen LogP contribution in [-0.4, -0.2) is 29.1 Å². The smallest absolute Gasteiger partial charge is 0.309 e. The molecule has 17 heavy (non-hydrogen) atoms. The summed E-state index contributed by atoms with van der Waals surface area (Å²) in [5.74, 6) is -0.656. The number of aliphatic carboxylic acids is 1. The highest BCUT2D eigenvalue weighted by molar-refractivity contribution is 9.10. The van der Waals surface area contributed by atoms with Crippen molar-refractivity contribution < 1.29 is 9.90 Å². The summed E-state index contributed by atoms with van der Waals surface area (Å²) in [4.78, 5) is 14.8. The largest absolute Gasteiger partial charge is 0.481 e. The van der Waals surface area contributed by atoms with Crippen molar-refractivity contribution in [3.63, 3.8) is 0 Å². The zero-order chi connectivity index (χ0) is 12.5. The predicted octanol–water partition coefficient (Wildman–Crippen LogP) is 3.20. The molecule has 2 heterocycles. The van der Waals surface area contributed by atoms with Crippen molar-refractivity contribution in [1.29, 1.82) is 0 Å². The van der Waals surface area contributed by atoms with E-state index >= 15 is 0 Å². The van der Waals surface area contributed by atoms with Crippen LogP contribution in [0.4, 0.5) is 0 Å². The second-order valence-corrected chi connectivity index (χ2v) is 6.78. The molecule has 1 N–H and O–H groups in total. The van der Waals surface area contributed by atoms with Gasteiger partial charge in [-0.2, -0.15) is 0 Å². The number of rotatable bonds is 3. The van der Waals surface area contributed by atoms with Crippen LogP contribution in [0.1, 0.15) is 24.6 Å². The average Bonchev–Trinajstić information content (AvgIpc) is 2.67. The second kappa shape index (κ2) is 5.08. The van der Waals surface area contributed by atoms with E-state index in [-0.39, 0.29) is 0 Å². The van der Waals surface area contributed by atoms with Gasteiger partial charge in [-0.05, 0) is 54.9 Å². The summed E-state index contributed by atoms with van der Waals surface area (Å²) >= 11 is 5.19. The zero-order valence-electron chi connectivity index (χ0n) is 9.78. The fraction of sp³-hybridized carbons (Fsp3) is 0.583. The molecule has 0 unspecified atom stereocenters. The maximum absolute atomic E-state index is 11.1. The van der Waals surface area contributed by atoms with Crippen molar-refractivity contribution in [3.8, 4) is 0 Å². The van der Waals surface area contributed by atoms with Gasteiger partial charge in [0.25, 0.3) is 0 Å². The molecule has 0 aliphatic carbocycles. The molecule has 3 nitrogen and oxygen atoms in total. The number of piperidine rings is 1. The van der Waals surface area contributed by atoms with E-state index in [1.807, 2.05) is 6.92 Å². The van der Waals surface area contributed by atoms with Gasteiger partial charge in [-0.15, -0.1) is 11.3 Å². The molecule has 1 aromatic heterocycles. The van der Waals surface area contributed by atoms with Gasteiger partial charge in [0, 0.05) is 21.3 Å². The predicted molar refractivity (Wildman–Crippen MR) is 72.3 cm³/mol. The van der Waals surface area contributed by atoms with Crippen LogP contribution in [0, 0.1) is 5.41 Å². The molecule has 1 saturated heterocycles. The van der Waals surface area contributed by atoms with E-state index in [2.05, 4.69) is 32.3 Å². The number of halogens is 1. The van der Waals surface area contributed by atoms with E-state index in [0.29, 0.717) is 0 Å². The lowest BCUT2D eigenvalue weighted by Gasteiger charge is -2.36. The Kier molecular flexibility index (Phi) is 3.90. The molecule has 0 amide bonds. The minimum absolute atomic E-state index is 0.521. The van der Waals surface area contributed by atoms with Crippen LogP contribution in [0.15, 0.2) is 15.9 Å². The van der Waals surface area contributed by atoms with E-state index in [0.717, 1.165) is 36.9 Å². The normalized spacial score (nSPS) is 20.4. The van der Waals surface area contributed by atoms with Gasteiger partial charge < -0.3 is 5.11 Å². The minimum Gasteiger partial charge on any atom is -0.481 e. The molecule has 2 rings (SSSR count). The quantitative estimate of drug-likeness (QED) is 0.930. The van der Waals surface area contributed by atoms with Gasteiger partial charge in [0.2, 0.25) is 0 Å². The topological polar surface area (TPSA) is 40.5 Å². The van der Waals surface area contributed by atoms with Gasteiger partial charge in [-0.3, -0.25) is 9.69 Å². The number of carbonyl (C=O) groups is 1. The third-order valence-corrected chi connectivity index (χ3v) is 5.16. The van der Waals surface area contributed by atoms with Gasteiger partial charge in [0.15, 0.2) is 0 Å². The monoisotopic (exact) mass is 317 g/mol. The Bertz CT molecular complexity index is 410. The van der Waals surface area contributed by atoms with Crippen molar-refractivity contribution in [2.45, 2.75) is 26.3 Å². The third-order valence-electron chi connectivity index (χ3n) is 3.48. The standard InChI is InChI=1S/C12H16BrNO2S/c1-12(11(15)16)2-4-14(5-3-12)7-10-6-9(13)8-17-10/h6,8H,2-5,7H2,1H3,(H,15,16). The SMILES string of the molecule is CC1(C(=O)O)CCN(Cc2cc(Br)cs2)CC1. The molecular weight excluding hydrogens is 302 g/mol. The molecule has 0 saturated carbocycles. The number of nitrogens with zero attached hydrogens (tertiary/aromatic N) is 1. The van der Waals surface area contributed by atoms with E-state index < -0.39 is 11.4 Å². The molecule has 0 aromatic carbocycles. The van der Waals surface area contributed by atoms with E-state index in [1.165, 1.54) is 4.88 Å². The summed E-state index contributed by atoms with van der Waals surface area (Å²) in [6.07, 6.45) is 1.49. The van der Waals surface area contributed by atoms with Crippen molar-refractivity contribution in [3.05, 3.63) is 20.8 Å². The molecule has 1 aromatic rings. The fourth-order valence-corrected chi connectivity index (χ4v) is 3.57. The number of likely N-dealkylation sites (tertiary alicyclic amines) is 1. The summed E-state index contributed by atoms with van der Waals surface area (Å²) in [5, 5.41) is 11.2. The fourth-order valence-electron chi connectivity index (χ4n) is 2.08. The summed E-state index contributed by atoms with van der Waals surface area (Å²) in [5.41, 5.74) is -0.521. The summed E-state index contributed by atoms with van der Waals surface area (Å²) in [6.45, 7) is 4.54. The summed E-state index contributed by atoms with van der Waals surface area (Å²) in [7, 11) is 0. The molecule has 1 fully saturated rings. The number of hydrogen-bond acceptors (Lipinski definition) is 3. The minimum atomic E-state index is -0.656. The number of carboxylic acid groups (broad SMARTS) is 1. The van der Waals surface area contributed by atoms with Crippen LogP contribution in [0.5, 0.6) is 0 Å². The first-order chi connectivity index (χ1) is 7.99. The zero-order valence-corrected chi connectivity index (χ0v) is 12.2. The highest BCUT2D eigenvalue weighted by atomic mass is 79.9. The Labute approximate surface area is 114 Å². The molecule has 0 bridgehead atoms. The lowest BCUT2D eigenvalue weighted by Crippen LogP contribution is -2.42. The Balaban J connectivity index is 1.89. The Morgan fingerprint density at radius 1 is 1.59 bits per heavy atom. The van der Waals surface area contributed by atoms with Crippen LogP contribution in [0.25, 0.3) is 0 Å². The number of thiophene rings is 1. The van der Waals surface area contributed by atoms with Crippen molar-refractivity contribution in [2.75, 3.05) is 13.1 Å². The molecule has 1 aliphatic heterocycles. The van der Waals surface area contributed by atoms with Gasteiger partial charge in [-0.25, -0.2) is 0 Å². The highest BCUT2D eigenvalue weighted by Crippen LogP contribution is 2.32. The third kappa shape index (κ3) is 3.09. The molecule has 0 spiro atoms. The average molecular weight is 318 g/mol. The first-order valence-electron chi connectivity index (χ1n) is 5.68. The Hall–Kier alpha value is -0.390. The van der Waals surface area contributed by atoms with Crippen LogP contribution in [0.3, 0.4) is 0 Å². The van der Waals surface area contributed by atoms with Crippen LogP contribution in [0.2, 0.25) is 0 Å². The Morgan fingerprint density at radius 3 is 2.71 bits per heavy atom.